The lowest BCUT2D eigenvalue weighted by Crippen LogP contribution is -2.05. The van der Waals surface area contributed by atoms with Gasteiger partial charge in [0.15, 0.2) is 0 Å². The second kappa shape index (κ2) is 5.50. The molecule has 0 aliphatic heterocycles. The highest BCUT2D eigenvalue weighted by Gasteiger charge is 2.30. The molecular weight excluding hydrogens is 389 g/mol. The number of anilines is 2. The molecule has 0 aliphatic carbocycles. The summed E-state index contributed by atoms with van der Waals surface area (Å²) in [6, 6.07) is 6.82. The summed E-state index contributed by atoms with van der Waals surface area (Å²) in [5.74, 6) is 0.461. The van der Waals surface area contributed by atoms with Crippen molar-refractivity contribution in [1.29, 1.82) is 0 Å². The van der Waals surface area contributed by atoms with E-state index in [9.17, 15) is 13.2 Å². The molecule has 0 fully saturated rings. The van der Waals surface area contributed by atoms with E-state index in [-0.39, 0.29) is 0 Å². The monoisotopic (exact) mass is 394 g/mol. The van der Waals surface area contributed by atoms with Crippen LogP contribution in [-0.2, 0) is 6.18 Å². The lowest BCUT2D eigenvalue weighted by molar-refractivity contribution is -0.137. The van der Waals surface area contributed by atoms with E-state index in [2.05, 4.69) is 42.2 Å². The van der Waals surface area contributed by atoms with Gasteiger partial charge in [0.2, 0.25) is 0 Å². The van der Waals surface area contributed by atoms with Crippen LogP contribution in [0.25, 0.3) is 0 Å². The van der Waals surface area contributed by atoms with Crippen LogP contribution in [0.3, 0.4) is 0 Å². The van der Waals surface area contributed by atoms with Gasteiger partial charge in [0, 0.05) is 15.1 Å². The lowest BCUT2D eigenvalue weighted by atomic mass is 10.2. The summed E-state index contributed by atoms with van der Waals surface area (Å²) in [6.45, 7) is 0. The first-order valence-electron chi connectivity index (χ1n) is 5.11. The number of hydrogen-bond acceptors (Lipinski definition) is 2. The number of benzene rings is 1. The van der Waals surface area contributed by atoms with Crippen molar-refractivity contribution in [2.24, 2.45) is 0 Å². The van der Waals surface area contributed by atoms with Crippen molar-refractivity contribution in [3.63, 3.8) is 0 Å². The molecule has 0 aliphatic rings. The van der Waals surface area contributed by atoms with Crippen molar-refractivity contribution in [1.82, 2.24) is 4.98 Å². The maximum Gasteiger partial charge on any atom is 0.416 e. The molecule has 0 saturated carbocycles. The number of rotatable bonds is 2. The second-order valence-electron chi connectivity index (χ2n) is 3.68. The molecule has 7 heteroatoms. The van der Waals surface area contributed by atoms with Crippen molar-refractivity contribution in [2.45, 2.75) is 6.18 Å². The highest BCUT2D eigenvalue weighted by atomic mass is 79.9. The molecule has 1 aromatic carbocycles. The summed E-state index contributed by atoms with van der Waals surface area (Å²) < 4.78 is 39.2. The quantitative estimate of drug-likeness (QED) is 0.739. The molecular formula is C12H7Br2F3N2. The predicted octanol–water partition coefficient (Wildman–Crippen LogP) is 5.37. The first-order chi connectivity index (χ1) is 8.86. The predicted molar refractivity (Wildman–Crippen MR) is 74.4 cm³/mol. The molecule has 0 atom stereocenters. The second-order valence-corrected chi connectivity index (χ2v) is 5.45. The first-order valence-corrected chi connectivity index (χ1v) is 6.70. The minimum atomic E-state index is -4.37. The Bertz CT molecular complexity index is 583. The van der Waals surface area contributed by atoms with Gasteiger partial charge in [-0.05, 0) is 62.2 Å². The van der Waals surface area contributed by atoms with Crippen LogP contribution < -0.4 is 5.32 Å². The lowest BCUT2D eigenvalue weighted by Gasteiger charge is -2.12. The summed E-state index contributed by atoms with van der Waals surface area (Å²) >= 11 is 6.44. The van der Waals surface area contributed by atoms with Gasteiger partial charge in [-0.15, -0.1) is 0 Å². The van der Waals surface area contributed by atoms with Crippen LogP contribution in [0.1, 0.15) is 5.56 Å². The highest BCUT2D eigenvalue weighted by Crippen LogP contribution is 2.34. The van der Waals surface area contributed by atoms with Gasteiger partial charge in [-0.2, -0.15) is 13.2 Å². The number of nitrogens with one attached hydrogen (secondary N) is 1. The SMILES string of the molecule is FC(F)(F)c1ccc(Br)c(Nc2ccc(Br)cn2)c1. The van der Waals surface area contributed by atoms with E-state index in [1.165, 1.54) is 6.07 Å². The van der Waals surface area contributed by atoms with Gasteiger partial charge in [0.1, 0.15) is 5.82 Å². The zero-order valence-electron chi connectivity index (χ0n) is 9.30. The average Bonchev–Trinajstić information content (AvgIpc) is 2.33. The Morgan fingerprint density at radius 1 is 1.05 bits per heavy atom. The van der Waals surface area contributed by atoms with Gasteiger partial charge < -0.3 is 5.32 Å². The van der Waals surface area contributed by atoms with Gasteiger partial charge in [-0.25, -0.2) is 4.98 Å². The molecule has 19 heavy (non-hydrogen) atoms. The Kier molecular flexibility index (Phi) is 4.15. The van der Waals surface area contributed by atoms with Crippen molar-refractivity contribution < 1.29 is 13.2 Å². The molecule has 1 N–H and O–H groups in total. The molecule has 0 saturated heterocycles. The zero-order chi connectivity index (χ0) is 14.0. The summed E-state index contributed by atoms with van der Waals surface area (Å²) in [5.41, 5.74) is -0.403. The minimum absolute atomic E-state index is 0.310. The summed E-state index contributed by atoms with van der Waals surface area (Å²) in [7, 11) is 0. The molecule has 2 nitrogen and oxygen atoms in total. The summed E-state index contributed by atoms with van der Waals surface area (Å²) in [6.07, 6.45) is -2.81. The number of pyridine rings is 1. The van der Waals surface area contributed by atoms with E-state index in [1.54, 1.807) is 18.3 Å². The number of halogens is 5. The van der Waals surface area contributed by atoms with Crippen LogP contribution in [0.4, 0.5) is 24.7 Å². The third-order valence-electron chi connectivity index (χ3n) is 2.28. The fraction of sp³-hybridized carbons (Fsp3) is 0.0833. The zero-order valence-corrected chi connectivity index (χ0v) is 12.5. The van der Waals surface area contributed by atoms with E-state index in [0.717, 1.165) is 16.6 Å². The number of hydrogen-bond donors (Lipinski definition) is 1. The number of aromatic nitrogens is 1. The third-order valence-corrected chi connectivity index (χ3v) is 3.44. The van der Waals surface area contributed by atoms with Crippen LogP contribution in [0.2, 0.25) is 0 Å². The Balaban J connectivity index is 2.31. The van der Waals surface area contributed by atoms with Crippen LogP contribution in [-0.4, -0.2) is 4.98 Å². The van der Waals surface area contributed by atoms with Gasteiger partial charge in [0.25, 0.3) is 0 Å². The summed E-state index contributed by atoms with van der Waals surface area (Å²) in [5, 5.41) is 2.83. The molecule has 0 radical (unpaired) electrons. The fourth-order valence-corrected chi connectivity index (χ4v) is 1.97. The number of nitrogens with zero attached hydrogens (tertiary/aromatic N) is 1. The molecule has 0 spiro atoms. The third kappa shape index (κ3) is 3.70. The maximum atomic E-state index is 12.6. The van der Waals surface area contributed by atoms with Crippen LogP contribution in [0.15, 0.2) is 45.5 Å². The van der Waals surface area contributed by atoms with Crippen LogP contribution >= 0.6 is 31.9 Å². The van der Waals surface area contributed by atoms with E-state index >= 15 is 0 Å². The van der Waals surface area contributed by atoms with Crippen molar-refractivity contribution in [2.75, 3.05) is 5.32 Å². The van der Waals surface area contributed by atoms with Gasteiger partial charge in [0.05, 0.1) is 11.3 Å². The van der Waals surface area contributed by atoms with Crippen molar-refractivity contribution in [3.05, 3.63) is 51.0 Å². The average molecular weight is 396 g/mol. The molecule has 1 aromatic heterocycles. The fourth-order valence-electron chi connectivity index (χ4n) is 1.39. The molecule has 1 heterocycles. The van der Waals surface area contributed by atoms with Gasteiger partial charge >= 0.3 is 6.18 Å². The van der Waals surface area contributed by atoms with E-state index < -0.39 is 11.7 Å². The van der Waals surface area contributed by atoms with Crippen LogP contribution in [0, 0.1) is 0 Å². The van der Waals surface area contributed by atoms with Crippen molar-refractivity contribution in [3.8, 4) is 0 Å². The van der Waals surface area contributed by atoms with Gasteiger partial charge in [-0.3, -0.25) is 0 Å². The standard InChI is InChI=1S/C12H7Br2F3N2/c13-8-2-4-11(18-6-8)19-10-5-7(12(15,16)17)1-3-9(10)14/h1-6H,(H,18,19). The Morgan fingerprint density at radius 2 is 1.79 bits per heavy atom. The Morgan fingerprint density at radius 3 is 2.37 bits per heavy atom. The summed E-state index contributed by atoms with van der Waals surface area (Å²) in [4.78, 5) is 4.05. The normalized spacial score (nSPS) is 11.4. The number of alkyl halides is 3. The van der Waals surface area contributed by atoms with E-state index in [1.807, 2.05) is 0 Å². The highest BCUT2D eigenvalue weighted by molar-refractivity contribution is 9.10. The van der Waals surface area contributed by atoms with Crippen molar-refractivity contribution >= 4 is 43.4 Å². The van der Waals surface area contributed by atoms with E-state index in [4.69, 9.17) is 0 Å². The maximum absolute atomic E-state index is 12.6. The molecule has 0 unspecified atom stereocenters. The largest absolute Gasteiger partial charge is 0.416 e. The Labute approximate surface area is 124 Å². The first kappa shape index (κ1) is 14.3. The Hall–Kier alpha value is -1.08. The molecule has 2 aromatic rings. The molecule has 100 valence electrons. The molecule has 0 amide bonds. The van der Waals surface area contributed by atoms with E-state index in [0.29, 0.717) is 16.0 Å². The molecule has 2 rings (SSSR count). The smallest absolute Gasteiger partial charge is 0.339 e. The molecule has 0 bridgehead atoms. The van der Waals surface area contributed by atoms with Gasteiger partial charge in [-0.1, -0.05) is 0 Å². The topological polar surface area (TPSA) is 24.9 Å². The minimum Gasteiger partial charge on any atom is -0.339 e. The van der Waals surface area contributed by atoms with Crippen LogP contribution in [0.5, 0.6) is 0 Å².